The van der Waals surface area contributed by atoms with E-state index < -0.39 is 0 Å². The van der Waals surface area contributed by atoms with Gasteiger partial charge < -0.3 is 5.32 Å². The predicted octanol–water partition coefficient (Wildman–Crippen LogP) is 6.16. The molecule has 154 valence electrons. The lowest BCUT2D eigenvalue weighted by Gasteiger charge is -2.21. The first-order valence-corrected chi connectivity index (χ1v) is 10.8. The summed E-state index contributed by atoms with van der Waals surface area (Å²) in [4.78, 5) is 13.3. The lowest BCUT2D eigenvalue weighted by Crippen LogP contribution is -2.31. The Bertz CT molecular complexity index is 984. The first-order valence-electron chi connectivity index (χ1n) is 10.8. The third kappa shape index (κ3) is 5.29. The van der Waals surface area contributed by atoms with Crippen LogP contribution in [-0.4, -0.2) is 12.5 Å². The van der Waals surface area contributed by atoms with Gasteiger partial charge in [0.25, 0.3) is 0 Å². The molecule has 0 bridgehead atoms. The number of hydrogen-bond donors (Lipinski definition) is 1. The first kappa shape index (κ1) is 20.6. The Labute approximate surface area is 184 Å². The van der Waals surface area contributed by atoms with Gasteiger partial charge in [0.05, 0.1) is 5.92 Å². The van der Waals surface area contributed by atoms with E-state index in [1.165, 1.54) is 11.1 Å². The van der Waals surface area contributed by atoms with Crippen LogP contribution in [0.25, 0.3) is 0 Å². The highest BCUT2D eigenvalue weighted by molar-refractivity contribution is 5.87. The minimum Gasteiger partial charge on any atom is -0.355 e. The Morgan fingerprint density at radius 3 is 1.29 bits per heavy atom. The van der Waals surface area contributed by atoms with Gasteiger partial charge in [0, 0.05) is 12.5 Å². The molecule has 0 aliphatic carbocycles. The molecule has 4 aromatic rings. The molecule has 0 saturated carbocycles. The van der Waals surface area contributed by atoms with E-state index in [0.717, 1.165) is 17.5 Å². The Morgan fingerprint density at radius 2 is 0.903 bits per heavy atom. The Balaban J connectivity index is 1.50. The van der Waals surface area contributed by atoms with Crippen LogP contribution in [0.4, 0.5) is 0 Å². The summed E-state index contributed by atoms with van der Waals surface area (Å²) >= 11 is 0. The number of rotatable bonds is 8. The van der Waals surface area contributed by atoms with Crippen LogP contribution in [0.2, 0.25) is 0 Å². The summed E-state index contributed by atoms with van der Waals surface area (Å²) in [6, 6.07) is 41.0. The van der Waals surface area contributed by atoms with Crippen molar-refractivity contribution < 1.29 is 4.79 Å². The van der Waals surface area contributed by atoms with E-state index in [1.54, 1.807) is 0 Å². The van der Waals surface area contributed by atoms with Crippen LogP contribution in [0.3, 0.4) is 0 Å². The number of hydrogen-bond acceptors (Lipinski definition) is 1. The second-order valence-corrected chi connectivity index (χ2v) is 7.71. The Hall–Kier alpha value is -3.65. The van der Waals surface area contributed by atoms with Gasteiger partial charge in [0.1, 0.15) is 0 Å². The summed E-state index contributed by atoms with van der Waals surface area (Å²) in [5.74, 6) is -0.0267. The third-order valence-electron chi connectivity index (χ3n) is 5.66. The quantitative estimate of drug-likeness (QED) is 0.374. The molecule has 0 aliphatic rings. The molecular formula is C29H27NO. The summed E-state index contributed by atoms with van der Waals surface area (Å²) in [6.45, 7) is 0.615. The van der Waals surface area contributed by atoms with Gasteiger partial charge in [-0.2, -0.15) is 0 Å². The van der Waals surface area contributed by atoms with E-state index in [1.807, 2.05) is 72.8 Å². The van der Waals surface area contributed by atoms with Gasteiger partial charge in [-0.25, -0.2) is 0 Å². The van der Waals surface area contributed by atoms with E-state index in [0.29, 0.717) is 6.54 Å². The molecule has 0 aliphatic heterocycles. The number of carbonyl (C=O) groups excluding carboxylic acids is 1. The molecule has 0 saturated heterocycles. The van der Waals surface area contributed by atoms with E-state index in [2.05, 4.69) is 53.8 Å². The van der Waals surface area contributed by atoms with Crippen molar-refractivity contribution in [2.75, 3.05) is 6.54 Å². The van der Waals surface area contributed by atoms with Crippen molar-refractivity contribution in [2.45, 2.75) is 18.3 Å². The monoisotopic (exact) mass is 405 g/mol. The van der Waals surface area contributed by atoms with Crippen LogP contribution in [0.5, 0.6) is 0 Å². The molecule has 0 radical (unpaired) electrons. The van der Waals surface area contributed by atoms with Gasteiger partial charge in [0.2, 0.25) is 5.91 Å². The highest BCUT2D eigenvalue weighted by atomic mass is 16.1. The van der Waals surface area contributed by atoms with Crippen molar-refractivity contribution >= 4 is 5.91 Å². The molecule has 0 fully saturated rings. The average Bonchev–Trinajstić information content (AvgIpc) is 2.84. The van der Waals surface area contributed by atoms with Crippen LogP contribution in [0.15, 0.2) is 121 Å². The molecule has 1 amide bonds. The molecular weight excluding hydrogens is 378 g/mol. The summed E-state index contributed by atoms with van der Waals surface area (Å²) in [6.07, 6.45) is 0.843. The molecule has 0 aromatic heterocycles. The number of nitrogens with one attached hydrogen (secondary N) is 1. The fraction of sp³-hybridized carbons (Fsp3) is 0.138. The number of benzene rings is 4. The van der Waals surface area contributed by atoms with Crippen molar-refractivity contribution in [3.8, 4) is 0 Å². The zero-order chi connectivity index (χ0) is 21.3. The maximum Gasteiger partial charge on any atom is 0.232 e. The molecule has 0 spiro atoms. The molecule has 2 nitrogen and oxygen atoms in total. The van der Waals surface area contributed by atoms with Crippen molar-refractivity contribution in [3.63, 3.8) is 0 Å². The minimum atomic E-state index is -0.311. The second-order valence-electron chi connectivity index (χ2n) is 7.71. The normalized spacial score (nSPS) is 10.9. The average molecular weight is 406 g/mol. The van der Waals surface area contributed by atoms with Gasteiger partial charge in [-0.1, -0.05) is 121 Å². The van der Waals surface area contributed by atoms with Crippen LogP contribution < -0.4 is 5.32 Å². The van der Waals surface area contributed by atoms with Crippen molar-refractivity contribution in [3.05, 3.63) is 144 Å². The molecule has 31 heavy (non-hydrogen) atoms. The first-order chi connectivity index (χ1) is 15.3. The van der Waals surface area contributed by atoms with Gasteiger partial charge in [-0.3, -0.25) is 4.79 Å². The molecule has 0 atom stereocenters. The van der Waals surface area contributed by atoms with Gasteiger partial charge in [0.15, 0.2) is 0 Å². The molecule has 0 unspecified atom stereocenters. The summed E-state index contributed by atoms with van der Waals surface area (Å²) < 4.78 is 0. The standard InChI is InChI=1S/C29H27NO/c31-29(28(25-17-9-3-10-18-25)26-19-11-4-12-20-26)30-22-21-27(23-13-5-1-6-14-23)24-15-7-2-8-16-24/h1-20,27-28H,21-22H2,(H,30,31). The summed E-state index contributed by atoms with van der Waals surface area (Å²) in [7, 11) is 0. The van der Waals surface area contributed by atoms with E-state index in [4.69, 9.17) is 0 Å². The molecule has 1 N–H and O–H groups in total. The maximum atomic E-state index is 13.3. The smallest absolute Gasteiger partial charge is 0.232 e. The fourth-order valence-electron chi connectivity index (χ4n) is 4.12. The lowest BCUT2D eigenvalue weighted by molar-refractivity contribution is -0.121. The minimum absolute atomic E-state index is 0.0391. The second kappa shape index (κ2) is 10.4. The Kier molecular flexibility index (Phi) is 6.92. The van der Waals surface area contributed by atoms with E-state index >= 15 is 0 Å². The number of carbonyl (C=O) groups is 1. The largest absolute Gasteiger partial charge is 0.355 e. The lowest BCUT2D eigenvalue weighted by atomic mass is 9.88. The zero-order valence-electron chi connectivity index (χ0n) is 17.5. The fourth-order valence-corrected chi connectivity index (χ4v) is 4.12. The van der Waals surface area contributed by atoms with Gasteiger partial charge in [-0.05, 0) is 28.7 Å². The van der Waals surface area contributed by atoms with Crippen molar-refractivity contribution in [2.24, 2.45) is 0 Å². The van der Waals surface area contributed by atoms with Crippen LogP contribution in [0.1, 0.15) is 40.5 Å². The summed E-state index contributed by atoms with van der Waals surface area (Å²) in [5, 5.41) is 3.21. The van der Waals surface area contributed by atoms with Crippen LogP contribution in [-0.2, 0) is 4.79 Å². The Morgan fingerprint density at radius 1 is 0.548 bits per heavy atom. The highest BCUT2D eigenvalue weighted by Gasteiger charge is 2.23. The van der Waals surface area contributed by atoms with Crippen LogP contribution >= 0.6 is 0 Å². The third-order valence-corrected chi connectivity index (χ3v) is 5.66. The summed E-state index contributed by atoms with van der Waals surface area (Å²) in [5.41, 5.74) is 4.55. The topological polar surface area (TPSA) is 29.1 Å². The molecule has 4 aromatic carbocycles. The zero-order valence-corrected chi connectivity index (χ0v) is 17.5. The molecule has 4 rings (SSSR count). The SMILES string of the molecule is O=C(NCCC(c1ccccc1)c1ccccc1)C(c1ccccc1)c1ccccc1. The maximum absolute atomic E-state index is 13.3. The van der Waals surface area contributed by atoms with Crippen molar-refractivity contribution in [1.82, 2.24) is 5.32 Å². The van der Waals surface area contributed by atoms with E-state index in [-0.39, 0.29) is 17.7 Å². The van der Waals surface area contributed by atoms with Crippen molar-refractivity contribution in [1.29, 1.82) is 0 Å². The number of amides is 1. The van der Waals surface area contributed by atoms with Gasteiger partial charge >= 0.3 is 0 Å². The predicted molar refractivity (Wildman–Crippen MR) is 127 cm³/mol. The van der Waals surface area contributed by atoms with Gasteiger partial charge in [-0.15, -0.1) is 0 Å². The van der Waals surface area contributed by atoms with Crippen LogP contribution in [0, 0.1) is 0 Å². The highest BCUT2D eigenvalue weighted by Crippen LogP contribution is 2.28. The van der Waals surface area contributed by atoms with E-state index in [9.17, 15) is 4.79 Å². The molecule has 0 heterocycles. The molecule has 2 heteroatoms.